The highest BCUT2D eigenvalue weighted by Gasteiger charge is 2.27. The molecule has 2 aromatic rings. The number of piperidine rings is 1. The summed E-state index contributed by atoms with van der Waals surface area (Å²) in [6.45, 7) is 5.93. The second kappa shape index (κ2) is 7.03. The van der Waals surface area contributed by atoms with Crippen LogP contribution in [0.4, 0.5) is 0 Å². The molecular formula is C17H24N4O. The monoisotopic (exact) mass is 300 g/mol. The largest absolute Gasteiger partial charge is 0.387 e. The van der Waals surface area contributed by atoms with Crippen molar-refractivity contribution in [3.63, 3.8) is 0 Å². The van der Waals surface area contributed by atoms with Gasteiger partial charge >= 0.3 is 0 Å². The second-order valence-electron chi connectivity index (χ2n) is 5.98. The van der Waals surface area contributed by atoms with Crippen molar-refractivity contribution in [3.05, 3.63) is 48.0 Å². The Labute approximate surface area is 131 Å². The third-order valence-electron chi connectivity index (χ3n) is 4.48. The van der Waals surface area contributed by atoms with Crippen LogP contribution in [0.25, 0.3) is 0 Å². The summed E-state index contributed by atoms with van der Waals surface area (Å²) in [5, 5.41) is 15.0. The van der Waals surface area contributed by atoms with Gasteiger partial charge in [-0.3, -0.25) is 14.6 Å². The highest BCUT2D eigenvalue weighted by atomic mass is 16.3. The van der Waals surface area contributed by atoms with Gasteiger partial charge in [0.2, 0.25) is 0 Å². The zero-order valence-electron chi connectivity index (χ0n) is 13.1. The molecule has 3 heterocycles. The summed E-state index contributed by atoms with van der Waals surface area (Å²) in [6, 6.07) is 7.83. The van der Waals surface area contributed by atoms with E-state index < -0.39 is 6.10 Å². The van der Waals surface area contributed by atoms with E-state index in [0.717, 1.165) is 50.4 Å². The van der Waals surface area contributed by atoms with Gasteiger partial charge in [0.15, 0.2) is 0 Å². The number of aromatic nitrogens is 3. The van der Waals surface area contributed by atoms with E-state index in [4.69, 9.17) is 0 Å². The number of hydrogen-bond acceptors (Lipinski definition) is 4. The zero-order chi connectivity index (χ0) is 15.4. The Hall–Kier alpha value is -1.72. The number of rotatable bonds is 5. The summed E-state index contributed by atoms with van der Waals surface area (Å²) in [6.07, 6.45) is 5.35. The minimum absolute atomic E-state index is 0.305. The zero-order valence-corrected chi connectivity index (χ0v) is 13.1. The number of aryl methyl sites for hydroxylation is 1. The van der Waals surface area contributed by atoms with E-state index in [1.54, 1.807) is 6.20 Å². The van der Waals surface area contributed by atoms with E-state index >= 15 is 0 Å². The molecule has 1 aliphatic rings. The molecule has 0 aromatic carbocycles. The lowest BCUT2D eigenvalue weighted by Crippen LogP contribution is -2.35. The van der Waals surface area contributed by atoms with Gasteiger partial charge in [0.1, 0.15) is 0 Å². The molecular weight excluding hydrogens is 276 g/mol. The summed E-state index contributed by atoms with van der Waals surface area (Å²) < 4.78 is 1.97. The van der Waals surface area contributed by atoms with Crippen LogP contribution in [-0.2, 0) is 13.1 Å². The summed E-state index contributed by atoms with van der Waals surface area (Å²) >= 11 is 0. The summed E-state index contributed by atoms with van der Waals surface area (Å²) in [5.74, 6) is 0.305. The molecule has 22 heavy (non-hydrogen) atoms. The Morgan fingerprint density at radius 1 is 1.27 bits per heavy atom. The lowest BCUT2D eigenvalue weighted by Gasteiger charge is -2.33. The van der Waals surface area contributed by atoms with Crippen LogP contribution in [0.2, 0.25) is 0 Å². The molecule has 3 rings (SSSR count). The molecule has 5 nitrogen and oxygen atoms in total. The molecule has 1 unspecified atom stereocenters. The molecule has 0 amide bonds. The molecule has 1 fully saturated rings. The third kappa shape index (κ3) is 3.54. The van der Waals surface area contributed by atoms with Gasteiger partial charge < -0.3 is 5.11 Å². The smallest absolute Gasteiger partial charge is 0.0988 e. The minimum Gasteiger partial charge on any atom is -0.387 e. The van der Waals surface area contributed by atoms with Crippen molar-refractivity contribution in [1.82, 2.24) is 19.7 Å². The van der Waals surface area contributed by atoms with Crippen molar-refractivity contribution in [2.45, 2.75) is 39.0 Å². The average molecular weight is 300 g/mol. The first-order chi connectivity index (χ1) is 10.8. The van der Waals surface area contributed by atoms with Crippen molar-refractivity contribution in [2.75, 3.05) is 13.1 Å². The topological polar surface area (TPSA) is 54.2 Å². The number of nitrogens with zero attached hydrogens (tertiary/aromatic N) is 4. The van der Waals surface area contributed by atoms with Gasteiger partial charge in [0, 0.05) is 25.5 Å². The first-order valence-electron chi connectivity index (χ1n) is 8.10. The van der Waals surface area contributed by atoms with Gasteiger partial charge in [-0.2, -0.15) is 5.10 Å². The average Bonchev–Trinajstić information content (AvgIpc) is 3.03. The highest BCUT2D eigenvalue weighted by molar-refractivity contribution is 5.08. The molecule has 0 spiro atoms. The molecule has 0 radical (unpaired) electrons. The Balaban J connectivity index is 1.52. The predicted molar refractivity (Wildman–Crippen MR) is 85.1 cm³/mol. The predicted octanol–water partition coefficient (Wildman–Crippen LogP) is 2.24. The standard InChI is InChI=1S/C17H24N4O/c1-2-21-12-8-15(19-21)13-20-10-6-14(7-11-20)17(22)16-5-3-4-9-18-16/h3-5,8-9,12,14,17,22H,2,6-7,10-11,13H2,1H3. The van der Waals surface area contributed by atoms with Crippen LogP contribution in [0, 0.1) is 5.92 Å². The van der Waals surface area contributed by atoms with E-state index in [1.165, 1.54) is 0 Å². The molecule has 0 bridgehead atoms. The van der Waals surface area contributed by atoms with Gasteiger partial charge in [0.25, 0.3) is 0 Å². The van der Waals surface area contributed by atoms with Crippen LogP contribution in [-0.4, -0.2) is 37.9 Å². The first-order valence-corrected chi connectivity index (χ1v) is 8.10. The maximum atomic E-state index is 10.5. The summed E-state index contributed by atoms with van der Waals surface area (Å²) in [4.78, 5) is 6.70. The number of hydrogen-bond donors (Lipinski definition) is 1. The minimum atomic E-state index is -0.442. The molecule has 5 heteroatoms. The maximum Gasteiger partial charge on any atom is 0.0988 e. The van der Waals surface area contributed by atoms with Crippen molar-refractivity contribution < 1.29 is 5.11 Å². The van der Waals surface area contributed by atoms with E-state index in [9.17, 15) is 5.11 Å². The molecule has 1 N–H and O–H groups in total. The van der Waals surface area contributed by atoms with Crippen LogP contribution in [0.5, 0.6) is 0 Å². The number of likely N-dealkylation sites (tertiary alicyclic amines) is 1. The first kappa shape index (κ1) is 15.2. The quantitative estimate of drug-likeness (QED) is 0.920. The van der Waals surface area contributed by atoms with Crippen LogP contribution in [0.15, 0.2) is 36.7 Å². The van der Waals surface area contributed by atoms with Gasteiger partial charge in [-0.05, 0) is 57.0 Å². The SMILES string of the molecule is CCn1ccc(CN2CCC(C(O)c3ccccn3)CC2)n1. The van der Waals surface area contributed by atoms with Crippen LogP contribution in [0.3, 0.4) is 0 Å². The van der Waals surface area contributed by atoms with E-state index in [-0.39, 0.29) is 0 Å². The van der Waals surface area contributed by atoms with Crippen molar-refractivity contribution in [3.8, 4) is 0 Å². The Kier molecular flexibility index (Phi) is 4.85. The van der Waals surface area contributed by atoms with Gasteiger partial charge in [-0.15, -0.1) is 0 Å². The number of aliphatic hydroxyl groups is 1. The lowest BCUT2D eigenvalue weighted by atomic mass is 9.89. The molecule has 1 atom stereocenters. The van der Waals surface area contributed by atoms with E-state index in [0.29, 0.717) is 5.92 Å². The lowest BCUT2D eigenvalue weighted by molar-refractivity contribution is 0.0536. The number of pyridine rings is 1. The molecule has 1 saturated heterocycles. The fourth-order valence-corrected chi connectivity index (χ4v) is 3.11. The Bertz CT molecular complexity index is 575. The Morgan fingerprint density at radius 3 is 2.73 bits per heavy atom. The molecule has 0 saturated carbocycles. The van der Waals surface area contributed by atoms with Crippen LogP contribution < -0.4 is 0 Å². The second-order valence-corrected chi connectivity index (χ2v) is 5.98. The number of aliphatic hydroxyl groups excluding tert-OH is 1. The maximum absolute atomic E-state index is 10.5. The van der Waals surface area contributed by atoms with Gasteiger partial charge in [-0.25, -0.2) is 0 Å². The van der Waals surface area contributed by atoms with Gasteiger partial charge in [0.05, 0.1) is 17.5 Å². The fraction of sp³-hybridized carbons (Fsp3) is 0.529. The molecule has 1 aliphatic heterocycles. The molecule has 0 aliphatic carbocycles. The Morgan fingerprint density at radius 2 is 2.09 bits per heavy atom. The third-order valence-corrected chi connectivity index (χ3v) is 4.48. The van der Waals surface area contributed by atoms with E-state index in [1.807, 2.05) is 29.1 Å². The molecule has 2 aromatic heterocycles. The van der Waals surface area contributed by atoms with Gasteiger partial charge in [-0.1, -0.05) is 6.07 Å². The van der Waals surface area contributed by atoms with Crippen molar-refractivity contribution in [1.29, 1.82) is 0 Å². The summed E-state index contributed by atoms with van der Waals surface area (Å²) in [7, 11) is 0. The van der Waals surface area contributed by atoms with E-state index in [2.05, 4.69) is 28.0 Å². The highest BCUT2D eigenvalue weighted by Crippen LogP contribution is 2.29. The summed E-state index contributed by atoms with van der Waals surface area (Å²) in [5.41, 5.74) is 1.92. The van der Waals surface area contributed by atoms with Crippen molar-refractivity contribution >= 4 is 0 Å². The normalized spacial score (nSPS) is 18.5. The fourth-order valence-electron chi connectivity index (χ4n) is 3.11. The van der Waals surface area contributed by atoms with Crippen LogP contribution >= 0.6 is 0 Å². The van der Waals surface area contributed by atoms with Crippen molar-refractivity contribution in [2.24, 2.45) is 5.92 Å². The van der Waals surface area contributed by atoms with Crippen LogP contribution in [0.1, 0.15) is 37.3 Å². The molecule has 118 valence electrons.